The van der Waals surface area contributed by atoms with E-state index in [1.54, 1.807) is 45.1 Å². The van der Waals surface area contributed by atoms with Gasteiger partial charge in [0.05, 0.1) is 36.5 Å². The minimum atomic E-state index is -0.273. The van der Waals surface area contributed by atoms with E-state index in [2.05, 4.69) is 26.5 Å². The fourth-order valence-electron chi connectivity index (χ4n) is 3.84. The van der Waals surface area contributed by atoms with Crippen LogP contribution in [0.2, 0.25) is 0 Å². The number of nitrogens with zero attached hydrogens (tertiary/aromatic N) is 8. The number of ether oxygens (including phenoxy) is 2. The number of piperidine rings is 1. The molecule has 0 spiro atoms. The molecule has 5 rings (SSSR count). The molecule has 3 aromatic heterocycles. The van der Waals surface area contributed by atoms with Crippen molar-refractivity contribution < 1.29 is 14.3 Å². The van der Waals surface area contributed by atoms with Crippen LogP contribution in [0.3, 0.4) is 0 Å². The summed E-state index contributed by atoms with van der Waals surface area (Å²) in [5.74, 6) is 0.437. The van der Waals surface area contributed by atoms with Gasteiger partial charge in [-0.15, -0.1) is 5.10 Å². The van der Waals surface area contributed by atoms with Crippen LogP contribution in [0, 0.1) is 11.3 Å². The Morgan fingerprint density at radius 2 is 2.09 bits per heavy atom. The molecule has 1 amide bonds. The van der Waals surface area contributed by atoms with Gasteiger partial charge in [0.15, 0.2) is 0 Å². The van der Waals surface area contributed by atoms with E-state index in [-0.39, 0.29) is 24.3 Å². The summed E-state index contributed by atoms with van der Waals surface area (Å²) in [6.45, 7) is 3.31. The molecule has 0 unspecified atom stereocenters. The Morgan fingerprint density at radius 3 is 2.73 bits per heavy atom. The molecule has 0 atom stereocenters. The van der Waals surface area contributed by atoms with Gasteiger partial charge in [-0.1, -0.05) is 5.21 Å². The van der Waals surface area contributed by atoms with Crippen LogP contribution in [-0.4, -0.2) is 59.4 Å². The Hall–Kier alpha value is -3.94. The lowest BCUT2D eigenvalue weighted by Crippen LogP contribution is -2.41. The predicted octanol–water partition coefficient (Wildman–Crippen LogP) is 2.64. The van der Waals surface area contributed by atoms with Crippen molar-refractivity contribution in [3.8, 4) is 17.6 Å². The van der Waals surface area contributed by atoms with Gasteiger partial charge in [-0.3, -0.25) is 4.68 Å². The normalized spacial score (nSPS) is 17.4. The van der Waals surface area contributed by atoms with Crippen molar-refractivity contribution in [3.63, 3.8) is 0 Å². The minimum absolute atomic E-state index is 0.0500. The number of amides is 1. The number of hydrogen-bond donors (Lipinski definition) is 0. The second-order valence-electron chi connectivity index (χ2n) is 8.60. The van der Waals surface area contributed by atoms with Gasteiger partial charge in [0.25, 0.3) is 0 Å². The van der Waals surface area contributed by atoms with Crippen LogP contribution >= 0.6 is 0 Å². The molecule has 0 aromatic carbocycles. The predicted molar refractivity (Wildman–Crippen MR) is 114 cm³/mol. The quantitative estimate of drug-likeness (QED) is 0.564. The maximum absolute atomic E-state index is 12.3. The van der Waals surface area contributed by atoms with Crippen molar-refractivity contribution in [2.45, 2.75) is 50.9 Å². The van der Waals surface area contributed by atoms with Gasteiger partial charge >= 0.3 is 6.09 Å². The lowest BCUT2D eigenvalue weighted by atomic mass is 10.1. The van der Waals surface area contributed by atoms with Crippen molar-refractivity contribution in [2.75, 3.05) is 13.1 Å². The molecule has 33 heavy (non-hydrogen) atoms. The Labute approximate surface area is 190 Å². The molecule has 11 heteroatoms. The second-order valence-corrected chi connectivity index (χ2v) is 8.60. The highest BCUT2D eigenvalue weighted by molar-refractivity contribution is 5.68. The standard InChI is InChI=1S/C22H24N8O3/c1-22(6-7-22)33-21(31)28-9-4-17(5-10-28)30-19(12-23)16(13-26-30)15-32-20-3-2-18(14-24-20)29-11-8-25-27-29/h2-3,8,11,13-14,17H,4-7,9-10,15H2,1H3. The number of pyridine rings is 1. The third-order valence-electron chi connectivity index (χ3n) is 6.12. The maximum Gasteiger partial charge on any atom is 0.410 e. The number of carbonyl (C=O) groups excluding carboxylic acids is 1. The lowest BCUT2D eigenvalue weighted by Gasteiger charge is -2.32. The molecule has 1 saturated carbocycles. The largest absolute Gasteiger partial charge is 0.473 e. The number of hydrogen-bond acceptors (Lipinski definition) is 8. The van der Waals surface area contributed by atoms with Crippen molar-refractivity contribution >= 4 is 6.09 Å². The topological polar surface area (TPSA) is 124 Å². The SMILES string of the molecule is CC1(OC(=O)N2CCC(n3ncc(COc4ccc(-n5ccnn5)cn4)c3C#N)CC2)CC1. The van der Waals surface area contributed by atoms with E-state index in [1.165, 1.54) is 0 Å². The van der Waals surface area contributed by atoms with Gasteiger partial charge < -0.3 is 14.4 Å². The molecule has 1 aliphatic heterocycles. The highest BCUT2D eigenvalue weighted by Gasteiger charge is 2.43. The fraction of sp³-hybridized carbons (Fsp3) is 0.455. The lowest BCUT2D eigenvalue weighted by molar-refractivity contribution is 0.0489. The van der Waals surface area contributed by atoms with Gasteiger partial charge in [0.2, 0.25) is 5.88 Å². The number of aromatic nitrogens is 6. The molecule has 2 aliphatic rings. The van der Waals surface area contributed by atoms with Crippen molar-refractivity contribution in [1.82, 2.24) is 34.7 Å². The Balaban J connectivity index is 1.18. The first-order valence-corrected chi connectivity index (χ1v) is 10.9. The molecule has 0 bridgehead atoms. The summed E-state index contributed by atoms with van der Waals surface area (Å²) in [6, 6.07) is 5.87. The third-order valence-corrected chi connectivity index (χ3v) is 6.12. The summed E-state index contributed by atoms with van der Waals surface area (Å²) < 4.78 is 14.7. The summed E-state index contributed by atoms with van der Waals surface area (Å²) >= 11 is 0. The highest BCUT2D eigenvalue weighted by Crippen LogP contribution is 2.39. The first-order valence-electron chi connectivity index (χ1n) is 10.9. The molecule has 11 nitrogen and oxygen atoms in total. The molecule has 2 fully saturated rings. The van der Waals surface area contributed by atoms with Crippen molar-refractivity contribution in [1.29, 1.82) is 5.26 Å². The molecule has 1 saturated heterocycles. The smallest absolute Gasteiger partial charge is 0.410 e. The Bertz CT molecular complexity index is 1150. The number of likely N-dealkylation sites (tertiary alicyclic amines) is 1. The monoisotopic (exact) mass is 448 g/mol. The van der Waals surface area contributed by atoms with E-state index in [0.29, 0.717) is 43.1 Å². The van der Waals surface area contributed by atoms with Crippen LogP contribution in [0.15, 0.2) is 36.9 Å². The summed E-state index contributed by atoms with van der Waals surface area (Å²) in [6.07, 6.45) is 9.67. The Morgan fingerprint density at radius 1 is 1.27 bits per heavy atom. The van der Waals surface area contributed by atoms with Crippen molar-refractivity contribution in [2.24, 2.45) is 0 Å². The molecular formula is C22H24N8O3. The number of nitriles is 1. The van der Waals surface area contributed by atoms with Crippen LogP contribution in [0.5, 0.6) is 5.88 Å². The van der Waals surface area contributed by atoms with Gasteiger partial charge in [-0.25, -0.2) is 14.5 Å². The molecule has 3 aromatic rings. The summed E-state index contributed by atoms with van der Waals surface area (Å²) in [7, 11) is 0. The minimum Gasteiger partial charge on any atom is -0.473 e. The maximum atomic E-state index is 12.3. The van der Waals surface area contributed by atoms with Crippen LogP contribution in [-0.2, 0) is 11.3 Å². The molecular weight excluding hydrogens is 424 g/mol. The zero-order chi connectivity index (χ0) is 22.8. The van der Waals surface area contributed by atoms with Crippen molar-refractivity contribution in [3.05, 3.63) is 48.2 Å². The summed E-state index contributed by atoms with van der Waals surface area (Å²) in [5, 5.41) is 21.9. The zero-order valence-electron chi connectivity index (χ0n) is 18.3. The summed E-state index contributed by atoms with van der Waals surface area (Å²) in [4.78, 5) is 18.4. The first-order chi connectivity index (χ1) is 16.0. The first kappa shape index (κ1) is 20.9. The average Bonchev–Trinajstić information content (AvgIpc) is 3.23. The second kappa shape index (κ2) is 8.54. The van der Waals surface area contributed by atoms with Gasteiger partial charge in [-0.2, -0.15) is 10.4 Å². The van der Waals surface area contributed by atoms with E-state index in [1.807, 2.05) is 13.0 Å². The van der Waals surface area contributed by atoms with Crippen LogP contribution in [0.1, 0.15) is 49.9 Å². The molecule has 0 radical (unpaired) electrons. The van der Waals surface area contributed by atoms with E-state index < -0.39 is 0 Å². The van der Waals surface area contributed by atoms with E-state index in [9.17, 15) is 10.1 Å². The number of rotatable bonds is 6. The molecule has 4 heterocycles. The zero-order valence-corrected chi connectivity index (χ0v) is 18.3. The third kappa shape index (κ3) is 4.50. The number of carbonyl (C=O) groups is 1. The fourth-order valence-corrected chi connectivity index (χ4v) is 3.84. The van der Waals surface area contributed by atoms with Gasteiger partial charge in [0.1, 0.15) is 24.0 Å². The molecule has 170 valence electrons. The highest BCUT2D eigenvalue weighted by atomic mass is 16.6. The summed E-state index contributed by atoms with van der Waals surface area (Å²) in [5.41, 5.74) is 1.67. The van der Waals surface area contributed by atoms with E-state index in [0.717, 1.165) is 18.5 Å². The van der Waals surface area contributed by atoms with Crippen LogP contribution in [0.25, 0.3) is 5.69 Å². The van der Waals surface area contributed by atoms with E-state index in [4.69, 9.17) is 9.47 Å². The molecule has 0 N–H and O–H groups in total. The van der Waals surface area contributed by atoms with E-state index >= 15 is 0 Å². The van der Waals surface area contributed by atoms with Gasteiger partial charge in [-0.05, 0) is 38.7 Å². The Kier molecular flexibility index (Phi) is 5.42. The van der Waals surface area contributed by atoms with Gasteiger partial charge in [0, 0.05) is 24.7 Å². The van der Waals surface area contributed by atoms with Crippen LogP contribution in [0.4, 0.5) is 4.79 Å². The molecule has 1 aliphatic carbocycles. The average molecular weight is 448 g/mol. The van der Waals surface area contributed by atoms with Crippen LogP contribution < -0.4 is 4.74 Å².